The molecule has 0 atom stereocenters. The van der Waals surface area contributed by atoms with Crippen LogP contribution in [0.4, 0.5) is 17.6 Å². The van der Waals surface area contributed by atoms with Gasteiger partial charge in [-0.05, 0) is 44.4 Å². The summed E-state index contributed by atoms with van der Waals surface area (Å²) in [7, 11) is 0. The summed E-state index contributed by atoms with van der Waals surface area (Å²) in [6.45, 7) is 5.43. The van der Waals surface area contributed by atoms with Crippen molar-refractivity contribution in [3.8, 4) is 11.3 Å². The average molecular weight is 374 g/mol. The minimum Gasteiger partial charge on any atom is -0.352 e. The summed E-state index contributed by atoms with van der Waals surface area (Å²) in [4.78, 5) is 16.2. The Kier molecular flexibility index (Phi) is 4.96. The molecule has 2 aromatic heterocycles. The van der Waals surface area contributed by atoms with Crippen molar-refractivity contribution in [2.24, 2.45) is 5.73 Å². The number of hydrogen-bond acceptors (Lipinski definition) is 6. The van der Waals surface area contributed by atoms with E-state index in [0.717, 1.165) is 42.3 Å². The topological polar surface area (TPSA) is 80.0 Å². The molecule has 3 N–H and O–H groups in total. The first-order valence-electron chi connectivity index (χ1n) is 9.68. The van der Waals surface area contributed by atoms with Gasteiger partial charge in [-0.3, -0.25) is 0 Å². The number of nitrogens with zero attached hydrogens (tertiary/aromatic N) is 4. The van der Waals surface area contributed by atoms with Crippen LogP contribution in [-0.2, 0) is 6.42 Å². The number of hydrogen-bond donors (Lipinski definition) is 2. The monoisotopic (exact) mass is 374 g/mol. The molecule has 6 heteroatoms. The van der Waals surface area contributed by atoms with E-state index in [2.05, 4.69) is 39.5 Å². The second-order valence-corrected chi connectivity index (χ2v) is 7.88. The van der Waals surface area contributed by atoms with Crippen LogP contribution < -0.4 is 16.0 Å². The molecular formula is C22H26N6. The van der Waals surface area contributed by atoms with E-state index in [0.29, 0.717) is 12.5 Å². The van der Waals surface area contributed by atoms with Crippen LogP contribution in [0.1, 0.15) is 25.8 Å². The fourth-order valence-electron chi connectivity index (χ4n) is 3.32. The van der Waals surface area contributed by atoms with Gasteiger partial charge in [0.15, 0.2) is 0 Å². The zero-order chi connectivity index (χ0) is 19.6. The molecule has 3 heterocycles. The second-order valence-electron chi connectivity index (χ2n) is 7.88. The van der Waals surface area contributed by atoms with E-state index in [1.165, 1.54) is 5.56 Å². The smallest absolute Gasteiger partial charge is 0.224 e. The first-order valence-corrected chi connectivity index (χ1v) is 9.68. The zero-order valence-corrected chi connectivity index (χ0v) is 16.4. The first kappa shape index (κ1) is 18.4. The van der Waals surface area contributed by atoms with Gasteiger partial charge in [0.1, 0.15) is 11.6 Å². The molecule has 1 aliphatic rings. The lowest BCUT2D eigenvalue weighted by Gasteiger charge is -2.30. The summed E-state index contributed by atoms with van der Waals surface area (Å²) in [5, 5.41) is 3.23. The van der Waals surface area contributed by atoms with Gasteiger partial charge >= 0.3 is 0 Å². The maximum Gasteiger partial charge on any atom is 0.224 e. The highest BCUT2D eigenvalue weighted by Gasteiger charge is 2.22. The molecule has 4 rings (SSSR count). The van der Waals surface area contributed by atoms with Crippen LogP contribution in [0.25, 0.3) is 11.3 Å². The molecule has 0 unspecified atom stereocenters. The molecule has 1 aliphatic heterocycles. The van der Waals surface area contributed by atoms with E-state index in [1.54, 1.807) is 6.20 Å². The number of benzene rings is 1. The van der Waals surface area contributed by atoms with Crippen molar-refractivity contribution in [3.63, 3.8) is 0 Å². The van der Waals surface area contributed by atoms with E-state index >= 15 is 0 Å². The average Bonchev–Trinajstić information content (AvgIpc) is 2.72. The van der Waals surface area contributed by atoms with Crippen molar-refractivity contribution in [1.29, 1.82) is 0 Å². The number of pyridine rings is 1. The minimum atomic E-state index is -0.330. The van der Waals surface area contributed by atoms with E-state index in [-0.39, 0.29) is 5.54 Å². The van der Waals surface area contributed by atoms with Crippen molar-refractivity contribution < 1.29 is 0 Å². The molecule has 3 aromatic rings. The Labute approximate surface area is 165 Å². The minimum absolute atomic E-state index is 0.330. The number of nitrogens with one attached hydrogen (secondary N) is 1. The van der Waals surface area contributed by atoms with E-state index in [9.17, 15) is 0 Å². The van der Waals surface area contributed by atoms with E-state index in [1.807, 2.05) is 38.1 Å². The van der Waals surface area contributed by atoms with Gasteiger partial charge in [0.25, 0.3) is 0 Å². The molecule has 0 radical (unpaired) electrons. The Morgan fingerprint density at radius 2 is 1.89 bits per heavy atom. The summed E-state index contributed by atoms with van der Waals surface area (Å²) in [5.74, 6) is 2.42. The van der Waals surface area contributed by atoms with Gasteiger partial charge < -0.3 is 16.0 Å². The number of nitrogens with two attached hydrogens (primary N) is 1. The molecule has 0 fully saturated rings. The highest BCUT2D eigenvalue weighted by molar-refractivity contribution is 5.68. The zero-order valence-electron chi connectivity index (χ0n) is 16.4. The van der Waals surface area contributed by atoms with Crippen LogP contribution in [0, 0.1) is 0 Å². The fraction of sp³-hybridized carbons (Fsp3) is 0.318. The van der Waals surface area contributed by atoms with Crippen molar-refractivity contribution in [3.05, 3.63) is 60.3 Å². The molecular weight excluding hydrogens is 348 g/mol. The molecule has 144 valence electrons. The van der Waals surface area contributed by atoms with E-state index < -0.39 is 0 Å². The maximum atomic E-state index is 6.06. The number of fused-ring (bicyclic) bond motifs is 1. The standard InChI is InChI=1S/C22H26N6/c1-22(2,23)15-25-21-24-13-12-19(27-21)28-14-6-9-17-10-11-18(26-20(17)28)16-7-4-3-5-8-16/h3-5,7-8,10-13H,6,9,14-15,23H2,1-2H3,(H,24,25,27). The molecule has 6 nitrogen and oxygen atoms in total. The van der Waals surface area contributed by atoms with Crippen LogP contribution in [0.2, 0.25) is 0 Å². The van der Waals surface area contributed by atoms with Gasteiger partial charge in [0.05, 0.1) is 5.69 Å². The summed E-state index contributed by atoms with van der Waals surface area (Å²) in [6.07, 6.45) is 3.89. The van der Waals surface area contributed by atoms with Crippen LogP contribution in [0.15, 0.2) is 54.7 Å². The van der Waals surface area contributed by atoms with Gasteiger partial charge in [0, 0.05) is 30.4 Å². The summed E-state index contributed by atoms with van der Waals surface area (Å²) < 4.78 is 0. The highest BCUT2D eigenvalue weighted by Crippen LogP contribution is 2.33. The first-order chi connectivity index (χ1) is 13.5. The second kappa shape index (κ2) is 7.56. The third-order valence-corrected chi connectivity index (χ3v) is 4.73. The number of aromatic nitrogens is 3. The summed E-state index contributed by atoms with van der Waals surface area (Å²) in [6, 6.07) is 16.5. The van der Waals surface area contributed by atoms with Crippen LogP contribution in [0.5, 0.6) is 0 Å². The molecule has 1 aromatic carbocycles. The quantitative estimate of drug-likeness (QED) is 0.708. The van der Waals surface area contributed by atoms with Crippen molar-refractivity contribution in [2.45, 2.75) is 32.2 Å². The number of anilines is 3. The molecule has 0 saturated carbocycles. The van der Waals surface area contributed by atoms with Crippen LogP contribution >= 0.6 is 0 Å². The van der Waals surface area contributed by atoms with Gasteiger partial charge in [-0.1, -0.05) is 36.4 Å². The number of aryl methyl sites for hydroxylation is 1. The maximum absolute atomic E-state index is 6.06. The SMILES string of the molecule is CC(C)(N)CNc1nccc(N2CCCc3ccc(-c4ccccc4)nc32)n1. The van der Waals surface area contributed by atoms with Crippen LogP contribution in [-0.4, -0.2) is 33.6 Å². The Bertz CT molecular complexity index is 949. The van der Waals surface area contributed by atoms with Gasteiger partial charge in [-0.15, -0.1) is 0 Å². The van der Waals surface area contributed by atoms with Crippen LogP contribution in [0.3, 0.4) is 0 Å². The molecule has 0 spiro atoms. The molecule has 0 aliphatic carbocycles. The Morgan fingerprint density at radius 1 is 1.07 bits per heavy atom. The molecule has 0 saturated heterocycles. The lowest BCUT2D eigenvalue weighted by atomic mass is 10.0. The van der Waals surface area contributed by atoms with E-state index in [4.69, 9.17) is 15.7 Å². The van der Waals surface area contributed by atoms with Crippen molar-refractivity contribution in [1.82, 2.24) is 15.0 Å². The predicted molar refractivity (Wildman–Crippen MR) is 114 cm³/mol. The molecule has 0 amide bonds. The highest BCUT2D eigenvalue weighted by atomic mass is 15.3. The van der Waals surface area contributed by atoms with Crippen molar-refractivity contribution in [2.75, 3.05) is 23.3 Å². The third-order valence-electron chi connectivity index (χ3n) is 4.73. The normalized spacial score (nSPS) is 13.9. The largest absolute Gasteiger partial charge is 0.352 e. The lowest BCUT2D eigenvalue weighted by molar-refractivity contribution is 0.547. The summed E-state index contributed by atoms with van der Waals surface area (Å²) in [5.41, 5.74) is 9.07. The molecule has 0 bridgehead atoms. The molecule has 28 heavy (non-hydrogen) atoms. The Hall–Kier alpha value is -2.99. The fourth-order valence-corrected chi connectivity index (χ4v) is 3.32. The van der Waals surface area contributed by atoms with Gasteiger partial charge in [-0.2, -0.15) is 4.98 Å². The van der Waals surface area contributed by atoms with Gasteiger partial charge in [0.2, 0.25) is 5.95 Å². The predicted octanol–water partition coefficient (Wildman–Crippen LogP) is 3.77. The summed E-state index contributed by atoms with van der Waals surface area (Å²) >= 11 is 0. The number of rotatable bonds is 5. The Morgan fingerprint density at radius 3 is 2.68 bits per heavy atom. The third kappa shape index (κ3) is 4.12. The van der Waals surface area contributed by atoms with Crippen molar-refractivity contribution >= 4 is 17.6 Å². The van der Waals surface area contributed by atoms with Gasteiger partial charge in [-0.25, -0.2) is 9.97 Å². The Balaban J connectivity index is 1.66. The lowest BCUT2D eigenvalue weighted by Crippen LogP contribution is -2.40.